The molecule has 0 spiro atoms. The minimum absolute atomic E-state index is 0.0259. The molecular weight excluding hydrogens is 256 g/mol. The van der Waals surface area contributed by atoms with Crippen molar-refractivity contribution in [3.63, 3.8) is 0 Å². The Morgan fingerprint density at radius 1 is 1.50 bits per heavy atom. The lowest BCUT2D eigenvalue weighted by molar-refractivity contribution is 0.173. The summed E-state index contributed by atoms with van der Waals surface area (Å²) >= 11 is 0. The molecule has 2 rings (SSSR count). The van der Waals surface area contributed by atoms with Gasteiger partial charge in [0, 0.05) is 31.2 Å². The lowest BCUT2D eigenvalue weighted by Gasteiger charge is -2.33. The number of amides is 2. The van der Waals surface area contributed by atoms with Crippen LogP contribution in [0.4, 0.5) is 4.79 Å². The fourth-order valence-corrected chi connectivity index (χ4v) is 2.49. The van der Waals surface area contributed by atoms with Gasteiger partial charge in [-0.2, -0.15) is 0 Å². The van der Waals surface area contributed by atoms with Crippen LogP contribution >= 0.6 is 0 Å². The van der Waals surface area contributed by atoms with Crippen molar-refractivity contribution in [3.8, 4) is 0 Å². The number of aryl methyl sites for hydroxylation is 1. The third-order valence-corrected chi connectivity index (χ3v) is 3.44. The van der Waals surface area contributed by atoms with Crippen LogP contribution in [0.15, 0.2) is 10.6 Å². The number of carbonyl (C=O) groups excluding carboxylic acids is 1. The molecule has 0 atom stereocenters. The molecule has 6 nitrogen and oxygen atoms in total. The number of nitrogens with zero attached hydrogens (tertiary/aromatic N) is 2. The van der Waals surface area contributed by atoms with Gasteiger partial charge in [0.15, 0.2) is 5.76 Å². The van der Waals surface area contributed by atoms with E-state index in [1.54, 1.807) is 0 Å². The molecule has 1 aliphatic rings. The van der Waals surface area contributed by atoms with Crippen LogP contribution in [0, 0.1) is 6.92 Å². The second kappa shape index (κ2) is 6.74. The predicted octanol–water partition coefficient (Wildman–Crippen LogP) is 1.66. The Labute approximate surface area is 119 Å². The van der Waals surface area contributed by atoms with E-state index in [1.165, 1.54) is 0 Å². The van der Waals surface area contributed by atoms with Gasteiger partial charge in [0.2, 0.25) is 0 Å². The Morgan fingerprint density at radius 3 is 2.75 bits per heavy atom. The van der Waals surface area contributed by atoms with Crippen molar-refractivity contribution in [2.45, 2.75) is 52.2 Å². The first-order valence-corrected chi connectivity index (χ1v) is 7.25. The normalized spacial score (nSPS) is 16.7. The molecule has 1 aliphatic heterocycles. The quantitative estimate of drug-likeness (QED) is 0.880. The Bertz CT molecular complexity index is 436. The van der Waals surface area contributed by atoms with Gasteiger partial charge < -0.3 is 20.1 Å². The molecule has 1 aromatic rings. The Balaban J connectivity index is 1.72. The van der Waals surface area contributed by atoms with E-state index in [2.05, 4.69) is 29.6 Å². The highest BCUT2D eigenvalue weighted by molar-refractivity contribution is 5.74. The van der Waals surface area contributed by atoms with Crippen molar-refractivity contribution >= 4 is 6.03 Å². The third kappa shape index (κ3) is 4.23. The smallest absolute Gasteiger partial charge is 0.317 e. The molecule has 0 saturated carbocycles. The summed E-state index contributed by atoms with van der Waals surface area (Å²) in [5, 5.41) is 10.2. The molecule has 2 N–H and O–H groups in total. The zero-order valence-electron chi connectivity index (χ0n) is 12.5. The van der Waals surface area contributed by atoms with Crippen molar-refractivity contribution < 1.29 is 9.32 Å². The predicted molar refractivity (Wildman–Crippen MR) is 76.3 cm³/mol. The molecule has 0 radical (unpaired) electrons. The van der Waals surface area contributed by atoms with E-state index in [4.69, 9.17) is 4.52 Å². The number of likely N-dealkylation sites (tertiary alicyclic amines) is 1. The number of nitrogens with one attached hydrogen (secondary N) is 2. The number of carbonyl (C=O) groups is 1. The zero-order chi connectivity index (χ0) is 14.5. The van der Waals surface area contributed by atoms with E-state index in [1.807, 2.05) is 17.9 Å². The average Bonchev–Trinajstić information content (AvgIpc) is 2.82. The molecule has 0 bridgehead atoms. The molecule has 1 aromatic heterocycles. The van der Waals surface area contributed by atoms with Gasteiger partial charge in [-0.05, 0) is 19.8 Å². The molecule has 1 fully saturated rings. The summed E-state index contributed by atoms with van der Waals surface area (Å²) in [6.07, 6.45) is 2.01. The molecule has 2 heterocycles. The van der Waals surface area contributed by atoms with E-state index < -0.39 is 0 Å². The summed E-state index contributed by atoms with van der Waals surface area (Å²) in [5.41, 5.74) is 0.829. The lowest BCUT2D eigenvalue weighted by atomic mass is 10.0. The van der Waals surface area contributed by atoms with Crippen molar-refractivity contribution in [1.82, 2.24) is 20.7 Å². The molecule has 20 heavy (non-hydrogen) atoms. The van der Waals surface area contributed by atoms with Gasteiger partial charge in [0.25, 0.3) is 0 Å². The number of hydrogen-bond acceptors (Lipinski definition) is 4. The van der Waals surface area contributed by atoms with Gasteiger partial charge in [-0.1, -0.05) is 19.0 Å². The number of urea groups is 1. The van der Waals surface area contributed by atoms with Gasteiger partial charge in [0.1, 0.15) is 0 Å². The van der Waals surface area contributed by atoms with Gasteiger partial charge in [-0.3, -0.25) is 0 Å². The van der Waals surface area contributed by atoms with Crippen molar-refractivity contribution in [2.75, 3.05) is 13.1 Å². The largest absolute Gasteiger partial charge is 0.359 e. The fraction of sp³-hybridized carbons (Fsp3) is 0.714. The van der Waals surface area contributed by atoms with E-state index in [-0.39, 0.29) is 6.03 Å². The highest BCUT2D eigenvalue weighted by Gasteiger charge is 2.22. The summed E-state index contributed by atoms with van der Waals surface area (Å²) in [7, 11) is 0. The highest BCUT2D eigenvalue weighted by Crippen LogP contribution is 2.11. The molecule has 112 valence electrons. The van der Waals surface area contributed by atoms with Crippen LogP contribution in [0.25, 0.3) is 0 Å². The van der Waals surface area contributed by atoms with Crippen LogP contribution in [0.1, 0.15) is 38.1 Å². The summed E-state index contributed by atoms with van der Waals surface area (Å²) in [6.45, 7) is 8.15. The molecular formula is C14H24N4O2. The van der Waals surface area contributed by atoms with Crippen molar-refractivity contribution in [3.05, 3.63) is 17.5 Å². The first-order valence-electron chi connectivity index (χ1n) is 7.25. The maximum absolute atomic E-state index is 12.0. The zero-order valence-corrected chi connectivity index (χ0v) is 12.5. The van der Waals surface area contributed by atoms with E-state index >= 15 is 0 Å². The summed E-state index contributed by atoms with van der Waals surface area (Å²) in [6, 6.07) is 2.83. The summed E-state index contributed by atoms with van der Waals surface area (Å²) in [5.74, 6) is 0.687. The van der Waals surface area contributed by atoms with Crippen LogP contribution in [-0.2, 0) is 6.54 Å². The first-order chi connectivity index (χ1) is 9.54. The Kier molecular flexibility index (Phi) is 5.00. The first kappa shape index (κ1) is 14.8. The molecule has 2 amide bonds. The van der Waals surface area contributed by atoms with E-state index in [0.29, 0.717) is 24.4 Å². The fourth-order valence-electron chi connectivity index (χ4n) is 2.49. The topological polar surface area (TPSA) is 70.4 Å². The minimum Gasteiger partial charge on any atom is -0.359 e. The van der Waals surface area contributed by atoms with Gasteiger partial charge in [0.05, 0.1) is 12.2 Å². The second-order valence-electron chi connectivity index (χ2n) is 5.68. The average molecular weight is 280 g/mol. The van der Waals surface area contributed by atoms with E-state index in [0.717, 1.165) is 31.6 Å². The third-order valence-electron chi connectivity index (χ3n) is 3.44. The summed E-state index contributed by atoms with van der Waals surface area (Å²) in [4.78, 5) is 13.9. The number of rotatable bonds is 4. The number of piperidine rings is 1. The maximum atomic E-state index is 12.0. The minimum atomic E-state index is -0.0259. The monoisotopic (exact) mass is 280 g/mol. The Hall–Kier alpha value is -1.56. The Morgan fingerprint density at radius 2 is 2.20 bits per heavy atom. The standard InChI is InChI=1S/C14H24N4O2/c1-10(2)16-12-4-6-18(7-5-12)14(19)15-9-13-8-11(3)17-20-13/h8,10,12,16H,4-7,9H2,1-3H3,(H,15,19). The molecule has 0 aromatic carbocycles. The van der Waals surface area contributed by atoms with Crippen LogP contribution in [0.3, 0.4) is 0 Å². The van der Waals surface area contributed by atoms with Crippen molar-refractivity contribution in [1.29, 1.82) is 0 Å². The second-order valence-corrected chi connectivity index (χ2v) is 5.68. The number of hydrogen-bond donors (Lipinski definition) is 2. The van der Waals surface area contributed by atoms with Gasteiger partial charge in [-0.15, -0.1) is 0 Å². The van der Waals surface area contributed by atoms with Crippen LogP contribution < -0.4 is 10.6 Å². The number of aromatic nitrogens is 1. The molecule has 1 saturated heterocycles. The highest BCUT2D eigenvalue weighted by atomic mass is 16.5. The maximum Gasteiger partial charge on any atom is 0.317 e. The van der Waals surface area contributed by atoms with Gasteiger partial charge in [-0.25, -0.2) is 4.79 Å². The summed E-state index contributed by atoms with van der Waals surface area (Å²) < 4.78 is 5.07. The molecule has 0 unspecified atom stereocenters. The van der Waals surface area contributed by atoms with Crippen LogP contribution in [0.2, 0.25) is 0 Å². The van der Waals surface area contributed by atoms with Gasteiger partial charge >= 0.3 is 6.03 Å². The van der Waals surface area contributed by atoms with E-state index in [9.17, 15) is 4.79 Å². The lowest BCUT2D eigenvalue weighted by Crippen LogP contribution is -2.49. The molecule has 0 aliphatic carbocycles. The van der Waals surface area contributed by atoms with Crippen LogP contribution in [-0.4, -0.2) is 41.3 Å². The molecule has 6 heteroatoms. The SMILES string of the molecule is Cc1cc(CNC(=O)N2CCC(NC(C)C)CC2)on1. The van der Waals surface area contributed by atoms with Crippen molar-refractivity contribution in [2.24, 2.45) is 0 Å². The van der Waals surface area contributed by atoms with Crippen LogP contribution in [0.5, 0.6) is 0 Å².